The molecule has 0 aliphatic heterocycles. The van der Waals surface area contributed by atoms with Crippen molar-refractivity contribution in [2.45, 2.75) is 31.3 Å². The van der Waals surface area contributed by atoms with Crippen molar-refractivity contribution in [2.75, 3.05) is 0 Å². The van der Waals surface area contributed by atoms with Gasteiger partial charge in [0.05, 0.1) is 11.3 Å². The third-order valence-electron chi connectivity index (χ3n) is 2.29. The van der Waals surface area contributed by atoms with E-state index in [0.717, 1.165) is 0 Å². The summed E-state index contributed by atoms with van der Waals surface area (Å²) in [4.78, 5) is 4.16. The summed E-state index contributed by atoms with van der Waals surface area (Å²) < 4.78 is 18.3. The maximum atomic E-state index is 13.1. The molecule has 2 rings (SSSR count). The van der Waals surface area contributed by atoms with Crippen LogP contribution in [0.4, 0.5) is 4.39 Å². The van der Waals surface area contributed by atoms with Crippen molar-refractivity contribution in [3.05, 3.63) is 29.8 Å². The number of benzene rings is 1. The van der Waals surface area contributed by atoms with Crippen LogP contribution in [0.5, 0.6) is 5.75 Å². The predicted octanol–water partition coefficient (Wildman–Crippen LogP) is 3.61. The highest BCUT2D eigenvalue weighted by molar-refractivity contribution is 7.99. The molecule has 4 nitrogen and oxygen atoms in total. The van der Waals surface area contributed by atoms with E-state index in [0.29, 0.717) is 11.6 Å². The highest BCUT2D eigenvalue weighted by Gasteiger charge is 2.16. The zero-order valence-corrected chi connectivity index (χ0v) is 11.8. The molecule has 0 saturated carbocycles. The van der Waals surface area contributed by atoms with Gasteiger partial charge in [-0.05, 0) is 18.2 Å². The van der Waals surface area contributed by atoms with Crippen LogP contribution in [0.1, 0.15) is 26.6 Å². The standard InChI is InChI=1S/C13H15FN2O2S/c1-13(2,3)19-7-11-15-12(18-16-11)9-6-8(14)4-5-10(9)17/h4-6,17H,7H2,1-3H3. The lowest BCUT2D eigenvalue weighted by atomic mass is 10.2. The average Bonchev–Trinajstić information content (AvgIpc) is 2.77. The minimum atomic E-state index is -0.461. The molecular weight excluding hydrogens is 267 g/mol. The van der Waals surface area contributed by atoms with Gasteiger partial charge in [-0.25, -0.2) is 4.39 Å². The van der Waals surface area contributed by atoms with Gasteiger partial charge in [-0.15, -0.1) is 11.8 Å². The lowest BCUT2D eigenvalue weighted by molar-refractivity contribution is 0.419. The van der Waals surface area contributed by atoms with E-state index in [1.807, 2.05) is 0 Å². The third-order valence-corrected chi connectivity index (χ3v) is 3.56. The summed E-state index contributed by atoms with van der Waals surface area (Å²) in [5.74, 6) is 0.708. The van der Waals surface area contributed by atoms with Crippen LogP contribution < -0.4 is 0 Å². The smallest absolute Gasteiger partial charge is 0.261 e. The first kappa shape index (κ1) is 13.9. The van der Waals surface area contributed by atoms with Crippen LogP contribution in [-0.2, 0) is 5.75 Å². The lowest BCUT2D eigenvalue weighted by Gasteiger charge is -2.15. The largest absolute Gasteiger partial charge is 0.507 e. The molecule has 0 amide bonds. The quantitative estimate of drug-likeness (QED) is 0.931. The number of hydrogen-bond acceptors (Lipinski definition) is 5. The molecule has 0 aliphatic carbocycles. The molecule has 0 bridgehead atoms. The van der Waals surface area contributed by atoms with Gasteiger partial charge < -0.3 is 9.63 Å². The van der Waals surface area contributed by atoms with Gasteiger partial charge in [0.2, 0.25) is 0 Å². The Morgan fingerprint density at radius 3 is 2.79 bits per heavy atom. The van der Waals surface area contributed by atoms with Crippen LogP contribution in [0.15, 0.2) is 22.7 Å². The number of halogens is 1. The predicted molar refractivity (Wildman–Crippen MR) is 72.4 cm³/mol. The molecule has 1 N–H and O–H groups in total. The van der Waals surface area contributed by atoms with Crippen molar-refractivity contribution < 1.29 is 14.0 Å². The molecule has 0 radical (unpaired) electrons. The van der Waals surface area contributed by atoms with Gasteiger partial charge in [0.15, 0.2) is 5.82 Å². The Morgan fingerprint density at radius 1 is 1.37 bits per heavy atom. The molecule has 0 aliphatic rings. The Morgan fingerprint density at radius 2 is 2.11 bits per heavy atom. The molecule has 102 valence electrons. The van der Waals surface area contributed by atoms with E-state index in [4.69, 9.17) is 4.52 Å². The van der Waals surface area contributed by atoms with E-state index in [1.165, 1.54) is 18.2 Å². The minimum absolute atomic E-state index is 0.0833. The first-order valence-corrected chi connectivity index (χ1v) is 6.79. The van der Waals surface area contributed by atoms with Gasteiger partial charge in [-0.2, -0.15) is 4.98 Å². The van der Waals surface area contributed by atoms with Gasteiger partial charge in [0.1, 0.15) is 11.6 Å². The van der Waals surface area contributed by atoms with Crippen molar-refractivity contribution >= 4 is 11.8 Å². The van der Waals surface area contributed by atoms with E-state index in [9.17, 15) is 9.50 Å². The minimum Gasteiger partial charge on any atom is -0.507 e. The van der Waals surface area contributed by atoms with Crippen LogP contribution in [-0.4, -0.2) is 20.0 Å². The zero-order chi connectivity index (χ0) is 14.0. The van der Waals surface area contributed by atoms with Crippen LogP contribution >= 0.6 is 11.8 Å². The summed E-state index contributed by atoms with van der Waals surface area (Å²) >= 11 is 1.68. The van der Waals surface area contributed by atoms with Crippen molar-refractivity contribution in [3.8, 4) is 17.2 Å². The van der Waals surface area contributed by atoms with Crippen LogP contribution in [0.3, 0.4) is 0 Å². The van der Waals surface area contributed by atoms with E-state index < -0.39 is 5.82 Å². The first-order chi connectivity index (χ1) is 8.85. The Hall–Kier alpha value is -1.56. The maximum Gasteiger partial charge on any atom is 0.261 e. The Balaban J connectivity index is 2.19. The fraction of sp³-hybridized carbons (Fsp3) is 0.385. The molecule has 0 saturated heterocycles. The number of aromatic hydroxyl groups is 1. The SMILES string of the molecule is CC(C)(C)SCc1noc(-c2cc(F)ccc2O)n1. The van der Waals surface area contributed by atoms with Crippen LogP contribution in [0, 0.1) is 5.82 Å². The first-order valence-electron chi connectivity index (χ1n) is 5.80. The number of nitrogens with zero attached hydrogens (tertiary/aromatic N) is 2. The van der Waals surface area contributed by atoms with E-state index in [2.05, 4.69) is 30.9 Å². The normalized spacial score (nSPS) is 11.8. The topological polar surface area (TPSA) is 59.2 Å². The number of phenolic OH excluding ortho intramolecular Hbond substituents is 1. The monoisotopic (exact) mass is 282 g/mol. The molecule has 0 atom stereocenters. The number of hydrogen-bond donors (Lipinski definition) is 1. The van der Waals surface area contributed by atoms with Gasteiger partial charge in [0, 0.05) is 4.75 Å². The summed E-state index contributed by atoms with van der Waals surface area (Å²) in [5.41, 5.74) is 0.208. The second-order valence-electron chi connectivity index (χ2n) is 5.08. The van der Waals surface area contributed by atoms with E-state index >= 15 is 0 Å². The molecule has 0 fully saturated rings. The van der Waals surface area contributed by atoms with Gasteiger partial charge in [-0.3, -0.25) is 0 Å². The molecule has 2 aromatic rings. The maximum absolute atomic E-state index is 13.1. The number of rotatable bonds is 3. The molecule has 1 aromatic heterocycles. The lowest BCUT2D eigenvalue weighted by Crippen LogP contribution is -2.07. The van der Waals surface area contributed by atoms with Crippen molar-refractivity contribution in [1.82, 2.24) is 10.1 Å². The Kier molecular flexibility index (Phi) is 3.80. The number of thioether (sulfide) groups is 1. The molecule has 1 heterocycles. The number of phenols is 1. The Labute approximate surface area is 115 Å². The summed E-state index contributed by atoms with van der Waals surface area (Å²) in [7, 11) is 0. The van der Waals surface area contributed by atoms with Gasteiger partial charge in [0.25, 0.3) is 5.89 Å². The Bertz CT molecular complexity index is 578. The highest BCUT2D eigenvalue weighted by Crippen LogP contribution is 2.30. The van der Waals surface area contributed by atoms with Crippen molar-refractivity contribution in [2.24, 2.45) is 0 Å². The summed E-state index contributed by atoms with van der Waals surface area (Å²) in [5, 5.41) is 13.5. The third kappa shape index (κ3) is 3.70. The molecule has 19 heavy (non-hydrogen) atoms. The van der Waals surface area contributed by atoms with Crippen LogP contribution in [0.2, 0.25) is 0 Å². The van der Waals surface area contributed by atoms with Crippen LogP contribution in [0.25, 0.3) is 11.5 Å². The van der Waals surface area contributed by atoms with E-state index in [-0.39, 0.29) is 22.0 Å². The van der Waals surface area contributed by atoms with Crippen molar-refractivity contribution in [3.63, 3.8) is 0 Å². The molecule has 0 unspecified atom stereocenters. The summed E-state index contributed by atoms with van der Waals surface area (Å²) in [6.45, 7) is 6.28. The molecule has 6 heteroatoms. The second kappa shape index (κ2) is 5.21. The fourth-order valence-corrected chi connectivity index (χ4v) is 2.06. The zero-order valence-electron chi connectivity index (χ0n) is 11.0. The number of aromatic nitrogens is 2. The second-order valence-corrected chi connectivity index (χ2v) is 6.88. The molecule has 1 aromatic carbocycles. The van der Waals surface area contributed by atoms with E-state index in [1.54, 1.807) is 11.8 Å². The molecular formula is C13H15FN2O2S. The summed E-state index contributed by atoms with van der Waals surface area (Å²) in [6.07, 6.45) is 0. The van der Waals surface area contributed by atoms with Gasteiger partial charge in [-0.1, -0.05) is 25.9 Å². The molecule has 0 spiro atoms. The van der Waals surface area contributed by atoms with Crippen molar-refractivity contribution in [1.29, 1.82) is 0 Å². The highest BCUT2D eigenvalue weighted by atomic mass is 32.2. The summed E-state index contributed by atoms with van der Waals surface area (Å²) in [6, 6.07) is 3.60. The fourth-order valence-electron chi connectivity index (χ4n) is 1.38. The van der Waals surface area contributed by atoms with Gasteiger partial charge >= 0.3 is 0 Å². The average molecular weight is 282 g/mol.